The molecule has 0 aliphatic heterocycles. The Morgan fingerprint density at radius 2 is 1.80 bits per heavy atom. The summed E-state index contributed by atoms with van der Waals surface area (Å²) in [6, 6.07) is 6.56. The summed E-state index contributed by atoms with van der Waals surface area (Å²) in [5.74, 6) is -0.504. The van der Waals surface area contributed by atoms with Crippen LogP contribution in [0, 0.1) is 11.8 Å². The van der Waals surface area contributed by atoms with E-state index in [1.54, 1.807) is 24.3 Å². The smallest absolute Gasteiger partial charge is 0.335 e. The van der Waals surface area contributed by atoms with Crippen molar-refractivity contribution >= 4 is 11.9 Å². The van der Waals surface area contributed by atoms with Gasteiger partial charge in [-0.3, -0.25) is 4.79 Å². The van der Waals surface area contributed by atoms with E-state index in [2.05, 4.69) is 26.1 Å². The Morgan fingerprint density at radius 3 is 2.25 bits per heavy atom. The van der Waals surface area contributed by atoms with Crippen molar-refractivity contribution in [3.63, 3.8) is 0 Å². The molecule has 4 heteroatoms. The van der Waals surface area contributed by atoms with Gasteiger partial charge in [0.2, 0.25) is 5.91 Å². The first-order valence-electron chi connectivity index (χ1n) is 7.05. The van der Waals surface area contributed by atoms with E-state index in [9.17, 15) is 9.59 Å². The topological polar surface area (TPSA) is 66.4 Å². The molecule has 1 amide bonds. The molecular weight excluding hydrogens is 254 g/mol. The second-order valence-corrected chi connectivity index (χ2v) is 5.36. The third kappa shape index (κ3) is 4.68. The van der Waals surface area contributed by atoms with Crippen molar-refractivity contribution in [3.8, 4) is 0 Å². The molecule has 1 rings (SSSR count). The van der Waals surface area contributed by atoms with Crippen LogP contribution in [0.15, 0.2) is 24.3 Å². The van der Waals surface area contributed by atoms with E-state index in [1.807, 2.05) is 0 Å². The number of hydrogen-bond donors (Lipinski definition) is 2. The maximum absolute atomic E-state index is 12.1. The van der Waals surface area contributed by atoms with Gasteiger partial charge in [0.25, 0.3) is 0 Å². The third-order valence-corrected chi connectivity index (χ3v) is 3.41. The zero-order valence-electron chi connectivity index (χ0n) is 12.3. The Hall–Kier alpha value is -1.84. The monoisotopic (exact) mass is 277 g/mol. The van der Waals surface area contributed by atoms with Crippen LogP contribution in [0.2, 0.25) is 0 Å². The van der Waals surface area contributed by atoms with Crippen molar-refractivity contribution in [3.05, 3.63) is 35.4 Å². The second-order valence-electron chi connectivity index (χ2n) is 5.36. The van der Waals surface area contributed by atoms with Gasteiger partial charge >= 0.3 is 5.97 Å². The van der Waals surface area contributed by atoms with Crippen molar-refractivity contribution in [1.82, 2.24) is 5.32 Å². The predicted octanol–water partition coefficient (Wildman–Crippen LogP) is 3.07. The van der Waals surface area contributed by atoms with Crippen LogP contribution in [-0.2, 0) is 11.3 Å². The largest absolute Gasteiger partial charge is 0.478 e. The van der Waals surface area contributed by atoms with Gasteiger partial charge in [-0.05, 0) is 30.0 Å². The van der Waals surface area contributed by atoms with Gasteiger partial charge in [-0.15, -0.1) is 0 Å². The van der Waals surface area contributed by atoms with E-state index >= 15 is 0 Å². The zero-order chi connectivity index (χ0) is 15.1. The van der Waals surface area contributed by atoms with Gasteiger partial charge in [-0.25, -0.2) is 4.79 Å². The van der Waals surface area contributed by atoms with Crippen LogP contribution in [0.1, 0.15) is 49.5 Å². The first-order valence-corrected chi connectivity index (χ1v) is 7.05. The van der Waals surface area contributed by atoms with Gasteiger partial charge in [0.15, 0.2) is 0 Å². The minimum absolute atomic E-state index is 0.0401. The van der Waals surface area contributed by atoms with E-state index in [-0.39, 0.29) is 17.4 Å². The summed E-state index contributed by atoms with van der Waals surface area (Å²) < 4.78 is 0. The Morgan fingerprint density at radius 1 is 1.20 bits per heavy atom. The Labute approximate surface area is 120 Å². The van der Waals surface area contributed by atoms with Crippen LogP contribution in [0.5, 0.6) is 0 Å². The molecule has 1 aromatic carbocycles. The maximum atomic E-state index is 12.1. The fourth-order valence-corrected chi connectivity index (χ4v) is 2.16. The molecule has 1 unspecified atom stereocenters. The van der Waals surface area contributed by atoms with Crippen LogP contribution < -0.4 is 5.32 Å². The molecular formula is C16H23NO3. The lowest BCUT2D eigenvalue weighted by atomic mass is 9.90. The molecule has 20 heavy (non-hydrogen) atoms. The molecule has 0 radical (unpaired) electrons. The van der Waals surface area contributed by atoms with E-state index in [0.717, 1.165) is 18.4 Å². The minimum atomic E-state index is -0.941. The maximum Gasteiger partial charge on any atom is 0.335 e. The molecule has 0 bridgehead atoms. The molecule has 1 atom stereocenters. The highest BCUT2D eigenvalue weighted by Crippen LogP contribution is 2.17. The number of carbonyl (C=O) groups excluding carboxylic acids is 1. The number of hydrogen-bond acceptors (Lipinski definition) is 2. The van der Waals surface area contributed by atoms with Gasteiger partial charge < -0.3 is 10.4 Å². The molecule has 0 saturated heterocycles. The van der Waals surface area contributed by atoms with Crippen LogP contribution in [0.3, 0.4) is 0 Å². The highest BCUT2D eigenvalue weighted by atomic mass is 16.4. The summed E-state index contributed by atoms with van der Waals surface area (Å²) in [7, 11) is 0. The summed E-state index contributed by atoms with van der Waals surface area (Å²) in [4.78, 5) is 22.9. The number of nitrogens with one attached hydrogen (secondary N) is 1. The number of benzene rings is 1. The predicted molar refractivity (Wildman–Crippen MR) is 78.5 cm³/mol. The molecule has 0 aliphatic rings. The van der Waals surface area contributed by atoms with Crippen molar-refractivity contribution < 1.29 is 14.7 Å². The molecule has 0 aliphatic carbocycles. The highest BCUT2D eigenvalue weighted by Gasteiger charge is 2.20. The van der Waals surface area contributed by atoms with E-state index in [1.165, 1.54) is 0 Å². The summed E-state index contributed by atoms with van der Waals surface area (Å²) in [6.45, 7) is 6.63. The Balaban J connectivity index is 2.57. The van der Waals surface area contributed by atoms with E-state index in [0.29, 0.717) is 12.5 Å². The lowest BCUT2D eigenvalue weighted by Crippen LogP contribution is -2.33. The van der Waals surface area contributed by atoms with E-state index in [4.69, 9.17) is 5.11 Å². The highest BCUT2D eigenvalue weighted by molar-refractivity contribution is 5.87. The molecule has 0 heterocycles. The first kappa shape index (κ1) is 16.2. The molecule has 2 N–H and O–H groups in total. The SMILES string of the molecule is CCCC(C(=O)NCc1ccc(C(=O)O)cc1)C(C)C. The number of carbonyl (C=O) groups is 2. The standard InChI is InChI=1S/C16H23NO3/c1-4-5-14(11(2)3)15(18)17-10-12-6-8-13(9-7-12)16(19)20/h6-9,11,14H,4-5,10H2,1-3H3,(H,17,18)(H,19,20). The number of rotatable bonds is 7. The van der Waals surface area contributed by atoms with Crippen molar-refractivity contribution in [1.29, 1.82) is 0 Å². The molecule has 1 aromatic rings. The molecule has 0 spiro atoms. The average Bonchev–Trinajstić information content (AvgIpc) is 2.42. The zero-order valence-corrected chi connectivity index (χ0v) is 12.3. The Kier molecular flexibility index (Phi) is 6.22. The fraction of sp³-hybridized carbons (Fsp3) is 0.500. The lowest BCUT2D eigenvalue weighted by molar-refractivity contribution is -0.126. The molecule has 4 nitrogen and oxygen atoms in total. The van der Waals surface area contributed by atoms with E-state index < -0.39 is 5.97 Å². The van der Waals surface area contributed by atoms with Crippen LogP contribution in [-0.4, -0.2) is 17.0 Å². The van der Waals surface area contributed by atoms with Gasteiger partial charge in [0.1, 0.15) is 0 Å². The number of aromatic carboxylic acids is 1. The quantitative estimate of drug-likeness (QED) is 0.805. The van der Waals surface area contributed by atoms with Crippen molar-refractivity contribution in [2.45, 2.75) is 40.2 Å². The number of carboxylic acids is 1. The van der Waals surface area contributed by atoms with Crippen molar-refractivity contribution in [2.75, 3.05) is 0 Å². The first-order chi connectivity index (χ1) is 9.45. The molecule has 0 fully saturated rings. The normalized spacial score (nSPS) is 12.2. The second kappa shape index (κ2) is 7.68. The Bertz CT molecular complexity index is 451. The molecule has 110 valence electrons. The van der Waals surface area contributed by atoms with Gasteiger partial charge in [-0.1, -0.05) is 39.3 Å². The molecule has 0 aromatic heterocycles. The minimum Gasteiger partial charge on any atom is -0.478 e. The van der Waals surface area contributed by atoms with Gasteiger partial charge in [0, 0.05) is 12.5 Å². The number of amides is 1. The summed E-state index contributed by atoms with van der Waals surface area (Å²) in [5, 5.41) is 11.7. The van der Waals surface area contributed by atoms with Gasteiger partial charge in [-0.2, -0.15) is 0 Å². The summed E-state index contributed by atoms with van der Waals surface area (Å²) in [6.07, 6.45) is 1.88. The lowest BCUT2D eigenvalue weighted by Gasteiger charge is -2.19. The average molecular weight is 277 g/mol. The third-order valence-electron chi connectivity index (χ3n) is 3.41. The fourth-order valence-electron chi connectivity index (χ4n) is 2.16. The van der Waals surface area contributed by atoms with Crippen LogP contribution in [0.4, 0.5) is 0 Å². The van der Waals surface area contributed by atoms with Crippen molar-refractivity contribution in [2.24, 2.45) is 11.8 Å². The summed E-state index contributed by atoms with van der Waals surface area (Å²) in [5.41, 5.74) is 1.16. The van der Waals surface area contributed by atoms with Crippen LogP contribution >= 0.6 is 0 Å². The summed E-state index contributed by atoms with van der Waals surface area (Å²) >= 11 is 0. The number of carboxylic acid groups (broad SMARTS) is 1. The van der Waals surface area contributed by atoms with Crippen LogP contribution in [0.25, 0.3) is 0 Å². The van der Waals surface area contributed by atoms with Gasteiger partial charge in [0.05, 0.1) is 5.56 Å². The molecule has 0 saturated carbocycles.